The van der Waals surface area contributed by atoms with Crippen LogP contribution in [0.15, 0.2) is 48.5 Å². The van der Waals surface area contributed by atoms with Gasteiger partial charge in [-0.05, 0) is 36.4 Å². The van der Waals surface area contributed by atoms with E-state index in [1.165, 1.54) is 0 Å². The van der Waals surface area contributed by atoms with Gasteiger partial charge >= 0.3 is 0 Å². The predicted molar refractivity (Wildman–Crippen MR) is 115 cm³/mol. The molecule has 9 heteroatoms. The molecule has 1 aliphatic heterocycles. The SMILES string of the molecule is CC(C)c1nc(-c2ccc(NC(=O)C[C@H]3NC(=O)c4ccccc4NC3=O)cc2)n[nH]1. The van der Waals surface area contributed by atoms with Crippen molar-refractivity contribution in [3.8, 4) is 11.4 Å². The summed E-state index contributed by atoms with van der Waals surface area (Å²) in [5.41, 5.74) is 2.17. The zero-order chi connectivity index (χ0) is 22.0. The minimum absolute atomic E-state index is 0.189. The Morgan fingerprint density at radius 1 is 1.10 bits per heavy atom. The second-order valence-electron chi connectivity index (χ2n) is 7.59. The van der Waals surface area contributed by atoms with Gasteiger partial charge in [-0.15, -0.1) is 0 Å². The lowest BCUT2D eigenvalue weighted by Gasteiger charge is -2.14. The lowest BCUT2D eigenvalue weighted by molar-refractivity contribution is -0.122. The minimum atomic E-state index is -0.970. The van der Waals surface area contributed by atoms with Crippen LogP contribution in [0.5, 0.6) is 0 Å². The van der Waals surface area contributed by atoms with Crippen LogP contribution in [0.1, 0.15) is 42.4 Å². The predicted octanol–water partition coefficient (Wildman–Crippen LogP) is 2.67. The molecule has 4 N–H and O–H groups in total. The molecule has 0 unspecified atom stereocenters. The van der Waals surface area contributed by atoms with Crippen molar-refractivity contribution in [1.29, 1.82) is 0 Å². The number of benzene rings is 2. The molecular formula is C22H22N6O3. The number of nitrogens with one attached hydrogen (secondary N) is 4. The number of nitrogens with zero attached hydrogens (tertiary/aromatic N) is 2. The first-order chi connectivity index (χ1) is 14.9. The van der Waals surface area contributed by atoms with Gasteiger partial charge in [0.2, 0.25) is 11.8 Å². The van der Waals surface area contributed by atoms with E-state index in [4.69, 9.17) is 0 Å². The Bertz CT molecular complexity index is 1140. The smallest absolute Gasteiger partial charge is 0.254 e. The van der Waals surface area contributed by atoms with Gasteiger partial charge in [-0.25, -0.2) is 4.98 Å². The Morgan fingerprint density at radius 2 is 1.84 bits per heavy atom. The summed E-state index contributed by atoms with van der Waals surface area (Å²) in [5.74, 6) is 0.406. The molecule has 2 aromatic carbocycles. The number of carbonyl (C=O) groups is 3. The molecule has 158 valence electrons. The lowest BCUT2D eigenvalue weighted by atomic mass is 10.1. The van der Waals surface area contributed by atoms with Crippen molar-refractivity contribution in [2.24, 2.45) is 0 Å². The maximum Gasteiger partial charge on any atom is 0.254 e. The van der Waals surface area contributed by atoms with Crippen molar-refractivity contribution in [2.75, 3.05) is 10.6 Å². The second kappa shape index (κ2) is 8.39. The first-order valence-corrected chi connectivity index (χ1v) is 9.94. The number of hydrogen-bond donors (Lipinski definition) is 4. The maximum atomic E-state index is 12.5. The quantitative estimate of drug-likeness (QED) is 0.506. The molecule has 0 saturated carbocycles. The highest BCUT2D eigenvalue weighted by Crippen LogP contribution is 2.21. The Hall–Kier alpha value is -4.01. The molecule has 2 heterocycles. The van der Waals surface area contributed by atoms with Gasteiger partial charge in [-0.2, -0.15) is 5.10 Å². The number of amides is 3. The number of carbonyl (C=O) groups excluding carboxylic acids is 3. The monoisotopic (exact) mass is 418 g/mol. The Morgan fingerprint density at radius 3 is 2.55 bits per heavy atom. The number of rotatable bonds is 5. The highest BCUT2D eigenvalue weighted by Gasteiger charge is 2.29. The molecule has 31 heavy (non-hydrogen) atoms. The number of fused-ring (bicyclic) bond motifs is 1. The highest BCUT2D eigenvalue weighted by atomic mass is 16.2. The van der Waals surface area contributed by atoms with Gasteiger partial charge in [0, 0.05) is 17.2 Å². The van der Waals surface area contributed by atoms with Crippen LogP contribution < -0.4 is 16.0 Å². The highest BCUT2D eigenvalue weighted by molar-refractivity contribution is 6.11. The van der Waals surface area contributed by atoms with Crippen molar-refractivity contribution in [1.82, 2.24) is 20.5 Å². The fraction of sp³-hybridized carbons (Fsp3) is 0.227. The third-order valence-corrected chi connectivity index (χ3v) is 4.92. The summed E-state index contributed by atoms with van der Waals surface area (Å²) in [6.45, 7) is 4.05. The third-order valence-electron chi connectivity index (χ3n) is 4.92. The van der Waals surface area contributed by atoms with E-state index in [9.17, 15) is 14.4 Å². The molecule has 0 spiro atoms. The van der Waals surface area contributed by atoms with Crippen LogP contribution in [0.4, 0.5) is 11.4 Å². The van der Waals surface area contributed by atoms with Crippen molar-refractivity contribution in [2.45, 2.75) is 32.2 Å². The van der Waals surface area contributed by atoms with Crippen LogP contribution in [0.25, 0.3) is 11.4 Å². The van der Waals surface area contributed by atoms with Gasteiger partial charge in [0.05, 0.1) is 17.7 Å². The Labute approximate surface area is 178 Å². The third kappa shape index (κ3) is 4.45. The van der Waals surface area contributed by atoms with Crippen LogP contribution in [-0.2, 0) is 9.59 Å². The molecule has 0 radical (unpaired) electrons. The minimum Gasteiger partial charge on any atom is -0.340 e. The van der Waals surface area contributed by atoms with Gasteiger partial charge in [-0.3, -0.25) is 19.5 Å². The van der Waals surface area contributed by atoms with E-state index in [0.29, 0.717) is 22.8 Å². The van der Waals surface area contributed by atoms with Crippen molar-refractivity contribution in [3.63, 3.8) is 0 Å². The van der Waals surface area contributed by atoms with Crippen LogP contribution in [0, 0.1) is 0 Å². The van der Waals surface area contributed by atoms with Crippen molar-refractivity contribution < 1.29 is 14.4 Å². The summed E-state index contributed by atoms with van der Waals surface area (Å²) < 4.78 is 0. The van der Waals surface area contributed by atoms with Gasteiger partial charge in [0.1, 0.15) is 11.9 Å². The fourth-order valence-electron chi connectivity index (χ4n) is 3.22. The molecule has 4 rings (SSSR count). The average molecular weight is 418 g/mol. The van der Waals surface area contributed by atoms with Crippen molar-refractivity contribution >= 4 is 29.1 Å². The second-order valence-corrected chi connectivity index (χ2v) is 7.59. The zero-order valence-electron chi connectivity index (χ0n) is 17.1. The van der Waals surface area contributed by atoms with E-state index in [1.807, 2.05) is 13.8 Å². The Kier molecular flexibility index (Phi) is 5.48. The molecular weight excluding hydrogens is 396 g/mol. The zero-order valence-corrected chi connectivity index (χ0v) is 17.1. The van der Waals surface area contributed by atoms with Gasteiger partial charge in [-0.1, -0.05) is 26.0 Å². The van der Waals surface area contributed by atoms with E-state index >= 15 is 0 Å². The average Bonchev–Trinajstić information content (AvgIpc) is 3.20. The van der Waals surface area contributed by atoms with Crippen LogP contribution in [-0.4, -0.2) is 38.9 Å². The number of aromatic nitrogens is 3. The number of anilines is 2. The molecule has 0 bridgehead atoms. The molecule has 1 aromatic heterocycles. The summed E-state index contributed by atoms with van der Waals surface area (Å²) >= 11 is 0. The van der Waals surface area contributed by atoms with Crippen LogP contribution >= 0.6 is 0 Å². The summed E-state index contributed by atoms with van der Waals surface area (Å²) in [4.78, 5) is 41.7. The number of hydrogen-bond acceptors (Lipinski definition) is 5. The molecule has 9 nitrogen and oxygen atoms in total. The Balaban J connectivity index is 1.39. The molecule has 1 aliphatic rings. The molecule has 3 amide bonds. The van der Waals surface area contributed by atoms with Crippen molar-refractivity contribution in [3.05, 3.63) is 59.9 Å². The standard InChI is InChI=1S/C22H22N6O3/c1-12(2)19-26-20(28-27-19)13-7-9-14(10-8-13)23-18(29)11-17-22(31)24-16-6-4-3-5-15(16)21(30)25-17/h3-10,12,17H,11H2,1-2H3,(H,23,29)(H,24,31)(H,25,30)(H,26,27,28)/t17-/m1/s1. The fourth-order valence-corrected chi connectivity index (χ4v) is 3.22. The molecule has 1 atom stereocenters. The summed E-state index contributed by atoms with van der Waals surface area (Å²) in [7, 11) is 0. The lowest BCUT2D eigenvalue weighted by Crippen LogP contribution is -2.43. The first kappa shape index (κ1) is 20.3. The molecule has 3 aromatic rings. The maximum absolute atomic E-state index is 12.5. The van der Waals surface area contributed by atoms with Gasteiger partial charge < -0.3 is 16.0 Å². The number of H-pyrrole nitrogens is 1. The van der Waals surface area contributed by atoms with E-state index in [2.05, 4.69) is 31.1 Å². The molecule has 0 saturated heterocycles. The molecule has 0 fully saturated rings. The molecule has 0 aliphatic carbocycles. The number of aromatic amines is 1. The summed E-state index contributed by atoms with van der Waals surface area (Å²) in [6.07, 6.45) is -0.189. The van der Waals surface area contributed by atoms with Crippen LogP contribution in [0.3, 0.4) is 0 Å². The van der Waals surface area contributed by atoms with E-state index in [-0.39, 0.29) is 18.2 Å². The normalized spacial score (nSPS) is 15.6. The first-order valence-electron chi connectivity index (χ1n) is 9.94. The van der Waals surface area contributed by atoms with Gasteiger partial charge in [0.25, 0.3) is 5.91 Å². The van der Waals surface area contributed by atoms with E-state index < -0.39 is 17.9 Å². The number of para-hydroxylation sites is 1. The summed E-state index contributed by atoms with van der Waals surface area (Å²) in [6, 6.07) is 12.8. The largest absolute Gasteiger partial charge is 0.340 e. The summed E-state index contributed by atoms with van der Waals surface area (Å²) in [5, 5.41) is 15.2. The van der Waals surface area contributed by atoms with E-state index in [0.717, 1.165) is 11.4 Å². The topological polar surface area (TPSA) is 129 Å². The van der Waals surface area contributed by atoms with Gasteiger partial charge in [0.15, 0.2) is 5.82 Å². The van der Waals surface area contributed by atoms with E-state index in [1.54, 1.807) is 48.5 Å². The van der Waals surface area contributed by atoms with Crippen LogP contribution in [0.2, 0.25) is 0 Å².